The molecule has 3 heteroatoms. The van der Waals surface area contributed by atoms with Crippen molar-refractivity contribution in [1.82, 2.24) is 10.2 Å². The number of nitrogens with zero attached hydrogens (tertiary/aromatic N) is 1. The summed E-state index contributed by atoms with van der Waals surface area (Å²) < 4.78 is 0. The molecule has 1 unspecified atom stereocenters. The highest BCUT2D eigenvalue weighted by atomic mass is 16.1. The second-order valence-electron chi connectivity index (χ2n) is 8.76. The van der Waals surface area contributed by atoms with Gasteiger partial charge in [-0.05, 0) is 40.4 Å². The Balaban J connectivity index is 3.23. The van der Waals surface area contributed by atoms with Crippen molar-refractivity contribution in [3.63, 3.8) is 0 Å². The van der Waals surface area contributed by atoms with Crippen LogP contribution < -0.4 is 5.32 Å². The van der Waals surface area contributed by atoms with E-state index in [1.807, 2.05) is 0 Å². The number of rotatable bonds is 20. The van der Waals surface area contributed by atoms with Gasteiger partial charge in [-0.1, -0.05) is 96.8 Å². The molecule has 0 saturated heterocycles. The monoisotopic (exact) mass is 382 g/mol. The highest BCUT2D eigenvalue weighted by Crippen LogP contribution is 2.13. The molecule has 0 fully saturated rings. The average molecular weight is 383 g/mol. The van der Waals surface area contributed by atoms with Crippen molar-refractivity contribution < 1.29 is 4.79 Å². The third-order valence-corrected chi connectivity index (χ3v) is 5.42. The maximum atomic E-state index is 11.9. The Labute approximate surface area is 171 Å². The van der Waals surface area contributed by atoms with E-state index in [9.17, 15) is 4.79 Å². The summed E-state index contributed by atoms with van der Waals surface area (Å²) >= 11 is 0. The normalized spacial score (nSPS) is 12.5. The van der Waals surface area contributed by atoms with E-state index in [2.05, 4.69) is 38.2 Å². The van der Waals surface area contributed by atoms with Gasteiger partial charge in [0.15, 0.2) is 0 Å². The summed E-state index contributed by atoms with van der Waals surface area (Å²) in [7, 11) is 4.15. The standard InChI is InChI=1S/C24H50N2O/c1-5-6-7-8-9-10-11-12-13-14-15-16-17-18-19-20-24(27)25-23(2)21-22-26(3)4/h23H,5-22H2,1-4H3,(H,25,27). The van der Waals surface area contributed by atoms with Crippen LogP contribution in [0.15, 0.2) is 0 Å². The smallest absolute Gasteiger partial charge is 0.220 e. The first-order valence-corrected chi connectivity index (χ1v) is 12.0. The van der Waals surface area contributed by atoms with Crippen LogP contribution in [-0.2, 0) is 4.79 Å². The molecule has 0 spiro atoms. The highest BCUT2D eigenvalue weighted by molar-refractivity contribution is 5.76. The quantitative estimate of drug-likeness (QED) is 0.237. The van der Waals surface area contributed by atoms with Gasteiger partial charge in [0.05, 0.1) is 0 Å². The minimum Gasteiger partial charge on any atom is -0.354 e. The number of carbonyl (C=O) groups is 1. The molecule has 0 bridgehead atoms. The van der Waals surface area contributed by atoms with Gasteiger partial charge in [-0.3, -0.25) is 4.79 Å². The van der Waals surface area contributed by atoms with E-state index in [1.54, 1.807) is 0 Å². The van der Waals surface area contributed by atoms with Gasteiger partial charge >= 0.3 is 0 Å². The SMILES string of the molecule is CCCCCCCCCCCCCCCCCC(=O)NC(C)CCN(C)C. The van der Waals surface area contributed by atoms with Crippen LogP contribution in [0.3, 0.4) is 0 Å². The van der Waals surface area contributed by atoms with Crippen LogP contribution in [0.1, 0.15) is 123 Å². The first-order valence-electron chi connectivity index (χ1n) is 12.0. The lowest BCUT2D eigenvalue weighted by Gasteiger charge is -2.16. The Morgan fingerprint density at radius 3 is 1.56 bits per heavy atom. The topological polar surface area (TPSA) is 32.3 Å². The first kappa shape index (κ1) is 26.4. The van der Waals surface area contributed by atoms with E-state index in [0.29, 0.717) is 6.42 Å². The molecular formula is C24H50N2O. The second-order valence-corrected chi connectivity index (χ2v) is 8.76. The molecule has 1 amide bonds. The van der Waals surface area contributed by atoms with E-state index in [0.717, 1.165) is 19.4 Å². The molecule has 27 heavy (non-hydrogen) atoms. The molecule has 0 saturated carbocycles. The molecule has 0 aliphatic carbocycles. The molecule has 162 valence electrons. The summed E-state index contributed by atoms with van der Waals surface area (Å²) in [6.45, 7) is 5.42. The second kappa shape index (κ2) is 20.2. The van der Waals surface area contributed by atoms with Crippen LogP contribution in [-0.4, -0.2) is 37.5 Å². The predicted octanol–water partition coefficient (Wildman–Crippen LogP) is 6.70. The average Bonchev–Trinajstić information content (AvgIpc) is 2.63. The zero-order chi connectivity index (χ0) is 20.2. The lowest BCUT2D eigenvalue weighted by Crippen LogP contribution is -2.34. The molecule has 1 N–H and O–H groups in total. The third-order valence-electron chi connectivity index (χ3n) is 5.42. The van der Waals surface area contributed by atoms with Crippen molar-refractivity contribution in [2.75, 3.05) is 20.6 Å². The van der Waals surface area contributed by atoms with E-state index < -0.39 is 0 Å². The van der Waals surface area contributed by atoms with Gasteiger partial charge in [0, 0.05) is 12.5 Å². The Bertz CT molecular complexity index is 318. The number of carbonyl (C=O) groups excluding carboxylic acids is 1. The molecule has 0 rings (SSSR count). The summed E-state index contributed by atoms with van der Waals surface area (Å²) in [6.07, 6.45) is 22.2. The van der Waals surface area contributed by atoms with Gasteiger partial charge in [0.25, 0.3) is 0 Å². The largest absolute Gasteiger partial charge is 0.354 e. The summed E-state index contributed by atoms with van der Waals surface area (Å²) in [5, 5.41) is 3.12. The molecule has 3 nitrogen and oxygen atoms in total. The minimum atomic E-state index is 0.232. The van der Waals surface area contributed by atoms with Crippen LogP contribution in [0, 0.1) is 0 Å². The van der Waals surface area contributed by atoms with E-state index in [1.165, 1.54) is 89.9 Å². The van der Waals surface area contributed by atoms with Crippen molar-refractivity contribution in [2.24, 2.45) is 0 Å². The van der Waals surface area contributed by atoms with Crippen LogP contribution in [0.25, 0.3) is 0 Å². The van der Waals surface area contributed by atoms with Crippen molar-refractivity contribution in [1.29, 1.82) is 0 Å². The molecular weight excluding hydrogens is 332 g/mol. The number of amides is 1. The van der Waals surface area contributed by atoms with Gasteiger partial charge in [-0.2, -0.15) is 0 Å². The Kier molecular flexibility index (Phi) is 19.7. The van der Waals surface area contributed by atoms with Crippen molar-refractivity contribution >= 4 is 5.91 Å². The zero-order valence-corrected chi connectivity index (χ0v) is 19.2. The van der Waals surface area contributed by atoms with Crippen molar-refractivity contribution in [2.45, 2.75) is 129 Å². The fourth-order valence-electron chi connectivity index (χ4n) is 3.53. The predicted molar refractivity (Wildman–Crippen MR) is 120 cm³/mol. The van der Waals surface area contributed by atoms with Crippen LogP contribution >= 0.6 is 0 Å². The van der Waals surface area contributed by atoms with Crippen LogP contribution in [0.2, 0.25) is 0 Å². The first-order chi connectivity index (χ1) is 13.1. The van der Waals surface area contributed by atoms with Gasteiger partial charge in [-0.15, -0.1) is 0 Å². The summed E-state index contributed by atoms with van der Waals surface area (Å²) in [6, 6.07) is 0.288. The minimum absolute atomic E-state index is 0.232. The van der Waals surface area contributed by atoms with Gasteiger partial charge in [0.1, 0.15) is 0 Å². The maximum Gasteiger partial charge on any atom is 0.220 e. The van der Waals surface area contributed by atoms with Crippen LogP contribution in [0.5, 0.6) is 0 Å². The number of unbranched alkanes of at least 4 members (excludes halogenated alkanes) is 14. The number of hydrogen-bond acceptors (Lipinski definition) is 2. The summed E-state index contributed by atoms with van der Waals surface area (Å²) in [5.74, 6) is 0.232. The lowest BCUT2D eigenvalue weighted by molar-refractivity contribution is -0.121. The molecule has 0 aromatic carbocycles. The van der Waals surface area contributed by atoms with Gasteiger partial charge in [0.2, 0.25) is 5.91 Å². The molecule has 1 atom stereocenters. The fraction of sp³-hybridized carbons (Fsp3) is 0.958. The molecule has 0 aromatic rings. The van der Waals surface area contributed by atoms with E-state index in [-0.39, 0.29) is 11.9 Å². The van der Waals surface area contributed by atoms with E-state index >= 15 is 0 Å². The van der Waals surface area contributed by atoms with E-state index in [4.69, 9.17) is 0 Å². The third kappa shape index (κ3) is 21.6. The Morgan fingerprint density at radius 2 is 1.15 bits per heavy atom. The van der Waals surface area contributed by atoms with Gasteiger partial charge < -0.3 is 10.2 Å². The van der Waals surface area contributed by atoms with Crippen LogP contribution in [0.4, 0.5) is 0 Å². The molecule has 0 heterocycles. The summed E-state index contributed by atoms with van der Waals surface area (Å²) in [4.78, 5) is 14.1. The van der Waals surface area contributed by atoms with Crippen molar-refractivity contribution in [3.8, 4) is 0 Å². The Morgan fingerprint density at radius 1 is 0.741 bits per heavy atom. The fourth-order valence-corrected chi connectivity index (χ4v) is 3.53. The Hall–Kier alpha value is -0.570. The zero-order valence-electron chi connectivity index (χ0n) is 19.2. The maximum absolute atomic E-state index is 11.9. The van der Waals surface area contributed by atoms with Crippen molar-refractivity contribution in [3.05, 3.63) is 0 Å². The molecule has 0 aliphatic rings. The lowest BCUT2D eigenvalue weighted by atomic mass is 10.0. The number of nitrogens with one attached hydrogen (secondary N) is 1. The number of hydrogen-bond donors (Lipinski definition) is 1. The summed E-state index contributed by atoms with van der Waals surface area (Å²) in [5.41, 5.74) is 0. The molecule has 0 aromatic heterocycles. The molecule has 0 radical (unpaired) electrons. The highest BCUT2D eigenvalue weighted by Gasteiger charge is 2.07. The van der Waals surface area contributed by atoms with Gasteiger partial charge in [-0.25, -0.2) is 0 Å². The molecule has 0 aliphatic heterocycles.